The van der Waals surface area contributed by atoms with E-state index in [1.165, 1.54) is 283 Å². The van der Waals surface area contributed by atoms with Gasteiger partial charge in [-0.1, -0.05) is 375 Å². The lowest BCUT2D eigenvalue weighted by atomic mass is 9.99. The van der Waals surface area contributed by atoms with Crippen LogP contribution in [0.5, 0.6) is 0 Å². The van der Waals surface area contributed by atoms with E-state index in [9.17, 15) is 30.3 Å². The molecule has 9 nitrogen and oxygen atoms in total. The van der Waals surface area contributed by atoms with Crippen molar-refractivity contribution in [1.82, 2.24) is 5.32 Å². The number of carbonyl (C=O) groups is 1. The van der Waals surface area contributed by atoms with E-state index in [0.29, 0.717) is 6.42 Å². The Labute approximate surface area is 562 Å². The zero-order valence-corrected chi connectivity index (χ0v) is 59.6. The van der Waals surface area contributed by atoms with Crippen LogP contribution in [-0.2, 0) is 14.3 Å². The fraction of sp³-hybridized carbons (Fsp3) is 0.817. The molecule has 1 rings (SSSR count). The van der Waals surface area contributed by atoms with Crippen LogP contribution in [0.1, 0.15) is 373 Å². The molecule has 9 heteroatoms. The number of unbranched alkanes of at least 4 members (excludes halogenated alkanes) is 47. The highest BCUT2D eigenvalue weighted by molar-refractivity contribution is 5.76. The van der Waals surface area contributed by atoms with Gasteiger partial charge in [0.25, 0.3) is 0 Å². The quantitative estimate of drug-likeness (QED) is 0.0261. The fourth-order valence-electron chi connectivity index (χ4n) is 12.4. The lowest BCUT2D eigenvalue weighted by molar-refractivity contribution is -0.302. The number of hydrogen-bond donors (Lipinski definition) is 6. The molecular weight excluding hydrogens is 1130 g/mol. The molecule has 0 aromatic rings. The van der Waals surface area contributed by atoms with Gasteiger partial charge < -0.3 is 40.3 Å². The van der Waals surface area contributed by atoms with E-state index in [4.69, 9.17) is 9.47 Å². The maximum atomic E-state index is 13.2. The minimum atomic E-state index is -1.58. The lowest BCUT2D eigenvalue weighted by Crippen LogP contribution is -2.60. The summed E-state index contributed by atoms with van der Waals surface area (Å²) in [7, 11) is 0. The van der Waals surface area contributed by atoms with Crippen molar-refractivity contribution in [1.29, 1.82) is 0 Å². The molecule has 1 aliphatic heterocycles. The maximum Gasteiger partial charge on any atom is 0.220 e. The van der Waals surface area contributed by atoms with Crippen molar-refractivity contribution in [3.05, 3.63) is 85.1 Å². The van der Waals surface area contributed by atoms with Crippen molar-refractivity contribution in [2.24, 2.45) is 0 Å². The van der Waals surface area contributed by atoms with Gasteiger partial charge in [0.1, 0.15) is 24.4 Å². The number of hydrogen-bond acceptors (Lipinski definition) is 8. The first-order valence-electron chi connectivity index (χ1n) is 39.3. The molecule has 0 saturated carbocycles. The Kier molecular flexibility index (Phi) is 66.6. The summed E-state index contributed by atoms with van der Waals surface area (Å²) in [4.78, 5) is 13.2. The molecule has 1 aliphatic rings. The number of nitrogens with one attached hydrogen (secondary N) is 1. The van der Waals surface area contributed by atoms with E-state index in [-0.39, 0.29) is 12.5 Å². The van der Waals surface area contributed by atoms with Crippen LogP contribution in [0.15, 0.2) is 85.1 Å². The van der Waals surface area contributed by atoms with E-state index >= 15 is 0 Å². The number of rotatable bonds is 69. The van der Waals surface area contributed by atoms with Crippen LogP contribution < -0.4 is 5.32 Å². The minimum absolute atomic E-state index is 0.182. The van der Waals surface area contributed by atoms with Crippen LogP contribution in [0.2, 0.25) is 0 Å². The van der Waals surface area contributed by atoms with Gasteiger partial charge in [0.15, 0.2) is 6.29 Å². The summed E-state index contributed by atoms with van der Waals surface area (Å²) in [5, 5.41) is 54.9. The van der Waals surface area contributed by atoms with Gasteiger partial charge in [0, 0.05) is 6.42 Å². The Hall–Kier alpha value is -2.63. The Morgan fingerprint density at radius 1 is 0.385 bits per heavy atom. The molecule has 0 aliphatic carbocycles. The van der Waals surface area contributed by atoms with E-state index in [2.05, 4.69) is 92.1 Å². The number of ether oxygens (including phenoxy) is 2. The minimum Gasteiger partial charge on any atom is -0.394 e. The Morgan fingerprint density at radius 3 is 1.05 bits per heavy atom. The third-order valence-electron chi connectivity index (χ3n) is 18.5. The zero-order chi connectivity index (χ0) is 65.7. The zero-order valence-electron chi connectivity index (χ0n) is 59.6. The van der Waals surface area contributed by atoms with Gasteiger partial charge in [-0.3, -0.25) is 4.79 Å². The smallest absolute Gasteiger partial charge is 0.220 e. The molecule has 7 unspecified atom stereocenters. The van der Waals surface area contributed by atoms with Crippen molar-refractivity contribution in [3.63, 3.8) is 0 Å². The number of allylic oxidation sites excluding steroid dienone is 13. The van der Waals surface area contributed by atoms with Gasteiger partial charge in [-0.05, 0) is 77.0 Å². The summed E-state index contributed by atoms with van der Waals surface area (Å²) in [5.74, 6) is -0.182. The molecule has 0 radical (unpaired) electrons. The molecule has 0 spiro atoms. The second-order valence-corrected chi connectivity index (χ2v) is 27.1. The van der Waals surface area contributed by atoms with Crippen LogP contribution >= 0.6 is 0 Å². The molecule has 1 saturated heterocycles. The summed E-state index contributed by atoms with van der Waals surface area (Å²) >= 11 is 0. The second-order valence-electron chi connectivity index (χ2n) is 27.1. The third-order valence-corrected chi connectivity index (χ3v) is 18.5. The highest BCUT2D eigenvalue weighted by atomic mass is 16.7. The van der Waals surface area contributed by atoms with Crippen LogP contribution in [0.25, 0.3) is 0 Å². The van der Waals surface area contributed by atoms with E-state index in [1.54, 1.807) is 6.08 Å². The van der Waals surface area contributed by atoms with Crippen molar-refractivity contribution in [2.45, 2.75) is 416 Å². The molecule has 91 heavy (non-hydrogen) atoms. The molecule has 1 amide bonds. The standard InChI is InChI=1S/C82H149NO8/c1-3-5-7-9-11-13-15-17-19-21-23-25-27-29-31-33-35-37-38-40-42-44-46-48-50-52-54-56-58-60-62-64-66-68-70-72-78(86)83-75(74-90-82-81(89)80(88)79(87)77(73-84)91-82)76(85)71-69-67-65-63-61-59-57-55-53-51-49-47-45-43-41-39-36-34-32-30-28-26-24-22-20-18-16-14-12-10-8-6-4-2/h5,7,11,13,17,19,23,25,29,31,61,63,69,71,75-77,79-82,84-85,87-89H,3-4,6,8-10,12,14-16,18,20-22,24,26-28,30,32-60,62,64-68,70,72-74H2,1-2H3,(H,83,86)/b7-5-,13-11-,19-17-,25-23-,31-29-,63-61+,71-69+. The Balaban J connectivity index is 2.10. The highest BCUT2D eigenvalue weighted by Crippen LogP contribution is 2.24. The largest absolute Gasteiger partial charge is 0.394 e. The first kappa shape index (κ1) is 86.4. The topological polar surface area (TPSA) is 149 Å². The van der Waals surface area contributed by atoms with Crippen molar-refractivity contribution in [2.75, 3.05) is 13.2 Å². The summed E-state index contributed by atoms with van der Waals surface area (Å²) < 4.78 is 11.3. The molecule has 0 aromatic carbocycles. The van der Waals surface area contributed by atoms with Gasteiger partial charge >= 0.3 is 0 Å². The van der Waals surface area contributed by atoms with Crippen LogP contribution in [0.4, 0.5) is 0 Å². The second kappa shape index (κ2) is 70.2. The predicted octanol–water partition coefficient (Wildman–Crippen LogP) is 22.4. The summed E-state index contributed by atoms with van der Waals surface area (Å²) in [6.45, 7) is 3.70. The van der Waals surface area contributed by atoms with Crippen LogP contribution in [0.3, 0.4) is 0 Å². The first-order valence-corrected chi connectivity index (χ1v) is 39.3. The monoisotopic (exact) mass is 1280 g/mol. The maximum absolute atomic E-state index is 13.2. The van der Waals surface area contributed by atoms with E-state index in [1.807, 2.05) is 6.08 Å². The molecule has 0 aromatic heterocycles. The van der Waals surface area contributed by atoms with Crippen molar-refractivity contribution in [3.8, 4) is 0 Å². The van der Waals surface area contributed by atoms with Crippen molar-refractivity contribution < 1.29 is 39.8 Å². The molecule has 1 fully saturated rings. The Morgan fingerprint density at radius 2 is 0.692 bits per heavy atom. The van der Waals surface area contributed by atoms with Gasteiger partial charge in [0.2, 0.25) is 5.91 Å². The fourth-order valence-corrected chi connectivity index (χ4v) is 12.4. The number of amides is 1. The highest BCUT2D eigenvalue weighted by Gasteiger charge is 2.44. The molecule has 7 atom stereocenters. The SMILES string of the molecule is CC/C=C\C/C=C\C/C=C\C/C=C\C/C=C\CCCCCCCCCCCCCCCCCCCCCC(=O)NC(COC1OC(CO)C(O)C(O)C1O)C(O)/C=C/CC/C=C/CCCCCCCCCCCCCCCCCCCCCCCCCCCCC. The van der Waals surface area contributed by atoms with E-state index < -0.39 is 49.5 Å². The molecule has 1 heterocycles. The van der Waals surface area contributed by atoms with Crippen molar-refractivity contribution >= 4 is 5.91 Å². The number of carbonyl (C=O) groups excluding carboxylic acids is 1. The van der Waals surface area contributed by atoms with Crippen LogP contribution in [0, 0.1) is 0 Å². The van der Waals surface area contributed by atoms with Gasteiger partial charge in [-0.25, -0.2) is 0 Å². The van der Waals surface area contributed by atoms with Crippen LogP contribution in [-0.4, -0.2) is 87.5 Å². The predicted molar refractivity (Wildman–Crippen MR) is 392 cm³/mol. The number of aliphatic hydroxyl groups excluding tert-OH is 5. The Bertz CT molecular complexity index is 1720. The van der Waals surface area contributed by atoms with Gasteiger partial charge in [-0.2, -0.15) is 0 Å². The summed E-state index contributed by atoms with van der Waals surface area (Å²) in [5.41, 5.74) is 0. The van der Waals surface area contributed by atoms with Gasteiger partial charge in [0.05, 0.1) is 25.4 Å². The average Bonchev–Trinajstić information content (AvgIpc) is 1.58. The first-order chi connectivity index (χ1) is 44.8. The lowest BCUT2D eigenvalue weighted by Gasteiger charge is -2.40. The molecule has 6 N–H and O–H groups in total. The normalized spacial score (nSPS) is 18.2. The van der Waals surface area contributed by atoms with E-state index in [0.717, 1.165) is 70.6 Å². The molecule has 0 bridgehead atoms. The third kappa shape index (κ3) is 58.5. The van der Waals surface area contributed by atoms with Gasteiger partial charge in [-0.15, -0.1) is 0 Å². The molecular formula is C82H149NO8. The number of aliphatic hydroxyl groups is 5. The summed E-state index contributed by atoms with van der Waals surface area (Å²) in [6.07, 6.45) is 94.4. The average molecular weight is 1280 g/mol. The summed E-state index contributed by atoms with van der Waals surface area (Å²) in [6, 6.07) is -0.827. The molecule has 530 valence electrons.